The number of halogens is 1. The second-order valence-electron chi connectivity index (χ2n) is 4.47. The first kappa shape index (κ1) is 12.0. The molecule has 0 bridgehead atoms. The van der Waals surface area contributed by atoms with Crippen LogP contribution in [0.3, 0.4) is 0 Å². The number of hydrogen-bond acceptors (Lipinski definition) is 2. The fraction of sp³-hybridized carbons (Fsp3) is 0.0625. The van der Waals surface area contributed by atoms with Crippen LogP contribution in [0.15, 0.2) is 48.5 Å². The minimum absolute atomic E-state index is 0.175. The number of benzene rings is 2. The fourth-order valence-corrected chi connectivity index (χ4v) is 2.43. The zero-order valence-electron chi connectivity index (χ0n) is 10.4. The average Bonchev–Trinajstić information content (AvgIpc) is 2.43. The molecule has 3 aromatic rings. The van der Waals surface area contributed by atoms with Crippen LogP contribution in [0.25, 0.3) is 22.0 Å². The first-order valence-electron chi connectivity index (χ1n) is 6.01. The molecule has 0 aliphatic carbocycles. The average molecular weight is 270 g/mol. The largest absolute Gasteiger partial charge is 0.505 e. The van der Waals surface area contributed by atoms with Gasteiger partial charge in [-0.1, -0.05) is 41.9 Å². The number of aryl methyl sites for hydroxylation is 1. The molecule has 0 unspecified atom stereocenters. The van der Waals surface area contributed by atoms with Crippen LogP contribution in [0.4, 0.5) is 0 Å². The highest BCUT2D eigenvalue weighted by Crippen LogP contribution is 2.38. The standard InChI is InChI=1S/C16H12ClNO/c1-10-7-8-12-14(17)9-13(16(19)15(12)18-10)11-5-3-2-4-6-11/h2-9,19H,1H3. The van der Waals surface area contributed by atoms with E-state index in [-0.39, 0.29) is 5.75 Å². The van der Waals surface area contributed by atoms with Gasteiger partial charge in [0.1, 0.15) is 11.3 Å². The third kappa shape index (κ3) is 2.04. The Morgan fingerprint density at radius 3 is 2.53 bits per heavy atom. The maximum atomic E-state index is 10.4. The van der Waals surface area contributed by atoms with Crippen LogP contribution >= 0.6 is 11.6 Å². The van der Waals surface area contributed by atoms with E-state index in [2.05, 4.69) is 4.98 Å². The topological polar surface area (TPSA) is 33.1 Å². The molecule has 94 valence electrons. The Kier molecular flexibility index (Phi) is 2.88. The lowest BCUT2D eigenvalue weighted by molar-refractivity contribution is 0.482. The Bertz CT molecular complexity index is 754. The van der Waals surface area contributed by atoms with Gasteiger partial charge < -0.3 is 5.11 Å². The Morgan fingerprint density at radius 1 is 1.05 bits per heavy atom. The number of fused-ring (bicyclic) bond motifs is 1. The van der Waals surface area contributed by atoms with Crippen molar-refractivity contribution in [1.29, 1.82) is 0 Å². The summed E-state index contributed by atoms with van der Waals surface area (Å²) in [5.41, 5.74) is 3.03. The zero-order chi connectivity index (χ0) is 13.4. The molecule has 3 rings (SSSR count). The van der Waals surface area contributed by atoms with Crippen LogP contribution in [0.2, 0.25) is 5.02 Å². The number of aromatic hydroxyl groups is 1. The van der Waals surface area contributed by atoms with Crippen LogP contribution in [0.1, 0.15) is 5.69 Å². The van der Waals surface area contributed by atoms with Gasteiger partial charge in [-0.3, -0.25) is 0 Å². The minimum Gasteiger partial charge on any atom is -0.505 e. The van der Waals surface area contributed by atoms with Gasteiger partial charge in [0.25, 0.3) is 0 Å². The minimum atomic E-state index is 0.175. The van der Waals surface area contributed by atoms with Gasteiger partial charge in [0.2, 0.25) is 0 Å². The Morgan fingerprint density at radius 2 is 1.79 bits per heavy atom. The summed E-state index contributed by atoms with van der Waals surface area (Å²) in [4.78, 5) is 4.39. The molecule has 1 N–H and O–H groups in total. The number of pyridine rings is 1. The van der Waals surface area contributed by atoms with Crippen molar-refractivity contribution in [2.75, 3.05) is 0 Å². The molecular weight excluding hydrogens is 258 g/mol. The smallest absolute Gasteiger partial charge is 0.149 e. The first-order valence-corrected chi connectivity index (χ1v) is 6.39. The monoisotopic (exact) mass is 269 g/mol. The summed E-state index contributed by atoms with van der Waals surface area (Å²) in [6.07, 6.45) is 0. The van der Waals surface area contributed by atoms with Gasteiger partial charge in [0.15, 0.2) is 0 Å². The molecule has 0 radical (unpaired) electrons. The van der Waals surface area contributed by atoms with Crippen molar-refractivity contribution in [3.8, 4) is 16.9 Å². The molecule has 0 amide bonds. The first-order chi connectivity index (χ1) is 9.16. The van der Waals surface area contributed by atoms with Crippen molar-refractivity contribution in [2.45, 2.75) is 6.92 Å². The number of hydrogen-bond donors (Lipinski definition) is 1. The molecule has 2 aromatic carbocycles. The predicted octanol–water partition coefficient (Wildman–Crippen LogP) is 4.57. The normalized spacial score (nSPS) is 10.8. The van der Waals surface area contributed by atoms with Crippen LogP contribution in [-0.4, -0.2) is 10.1 Å². The SMILES string of the molecule is Cc1ccc2c(Cl)cc(-c3ccccc3)c(O)c2n1. The van der Waals surface area contributed by atoms with Gasteiger partial charge in [-0.15, -0.1) is 0 Å². The van der Waals surface area contributed by atoms with E-state index in [9.17, 15) is 5.11 Å². The van der Waals surface area contributed by atoms with E-state index in [1.165, 1.54) is 0 Å². The van der Waals surface area contributed by atoms with Crippen LogP contribution < -0.4 is 0 Å². The van der Waals surface area contributed by atoms with E-state index in [0.717, 1.165) is 16.6 Å². The number of phenolic OH excluding ortho intramolecular Hbond substituents is 1. The molecule has 3 heteroatoms. The van der Waals surface area contributed by atoms with E-state index in [4.69, 9.17) is 11.6 Å². The third-order valence-electron chi connectivity index (χ3n) is 3.13. The Labute approximate surface area is 116 Å². The second-order valence-corrected chi connectivity index (χ2v) is 4.88. The molecular formula is C16H12ClNO. The fourth-order valence-electron chi connectivity index (χ4n) is 2.17. The zero-order valence-corrected chi connectivity index (χ0v) is 11.1. The van der Waals surface area contributed by atoms with E-state index in [0.29, 0.717) is 16.1 Å². The number of aromatic nitrogens is 1. The molecule has 1 aromatic heterocycles. The van der Waals surface area contributed by atoms with Crippen molar-refractivity contribution in [3.63, 3.8) is 0 Å². The van der Waals surface area contributed by atoms with Crippen LogP contribution in [0.5, 0.6) is 5.75 Å². The lowest BCUT2D eigenvalue weighted by atomic mass is 10.0. The summed E-state index contributed by atoms with van der Waals surface area (Å²) in [6.45, 7) is 1.89. The summed E-state index contributed by atoms with van der Waals surface area (Å²) in [5.74, 6) is 0.175. The van der Waals surface area contributed by atoms with Gasteiger partial charge in [-0.05, 0) is 30.7 Å². The molecule has 0 fully saturated rings. The van der Waals surface area contributed by atoms with Crippen molar-refractivity contribution in [2.24, 2.45) is 0 Å². The van der Waals surface area contributed by atoms with Gasteiger partial charge in [0, 0.05) is 16.6 Å². The number of rotatable bonds is 1. The van der Waals surface area contributed by atoms with Crippen molar-refractivity contribution >= 4 is 22.5 Å². The molecule has 2 nitrogen and oxygen atoms in total. The van der Waals surface area contributed by atoms with E-state index in [1.54, 1.807) is 6.07 Å². The maximum Gasteiger partial charge on any atom is 0.149 e. The lowest BCUT2D eigenvalue weighted by Gasteiger charge is -2.10. The molecule has 1 heterocycles. The number of phenols is 1. The van der Waals surface area contributed by atoms with Gasteiger partial charge in [0.05, 0.1) is 5.02 Å². The Hall–Kier alpha value is -2.06. The third-order valence-corrected chi connectivity index (χ3v) is 3.44. The summed E-state index contributed by atoms with van der Waals surface area (Å²) < 4.78 is 0. The van der Waals surface area contributed by atoms with Gasteiger partial charge in [-0.2, -0.15) is 0 Å². The summed E-state index contributed by atoms with van der Waals surface area (Å²) in [5, 5.41) is 11.8. The van der Waals surface area contributed by atoms with Crippen molar-refractivity contribution < 1.29 is 5.11 Å². The highest BCUT2D eigenvalue weighted by Gasteiger charge is 2.13. The highest BCUT2D eigenvalue weighted by atomic mass is 35.5. The second kappa shape index (κ2) is 4.56. The highest BCUT2D eigenvalue weighted by molar-refractivity contribution is 6.36. The van der Waals surface area contributed by atoms with E-state index < -0.39 is 0 Å². The summed E-state index contributed by atoms with van der Waals surface area (Å²) in [7, 11) is 0. The molecule has 0 aliphatic heterocycles. The van der Waals surface area contributed by atoms with Crippen molar-refractivity contribution in [1.82, 2.24) is 4.98 Å². The van der Waals surface area contributed by atoms with E-state index >= 15 is 0 Å². The van der Waals surface area contributed by atoms with E-state index in [1.807, 2.05) is 49.4 Å². The van der Waals surface area contributed by atoms with Crippen LogP contribution in [-0.2, 0) is 0 Å². The molecule has 19 heavy (non-hydrogen) atoms. The summed E-state index contributed by atoms with van der Waals surface area (Å²) in [6, 6.07) is 15.2. The summed E-state index contributed by atoms with van der Waals surface area (Å²) >= 11 is 6.29. The molecule has 0 saturated heterocycles. The molecule has 0 spiro atoms. The quantitative estimate of drug-likeness (QED) is 0.702. The molecule has 0 aliphatic rings. The number of nitrogens with zero attached hydrogens (tertiary/aromatic N) is 1. The molecule has 0 atom stereocenters. The molecule has 0 saturated carbocycles. The van der Waals surface area contributed by atoms with Gasteiger partial charge >= 0.3 is 0 Å². The maximum absolute atomic E-state index is 10.4. The van der Waals surface area contributed by atoms with Crippen LogP contribution in [0, 0.1) is 6.92 Å². The lowest BCUT2D eigenvalue weighted by Crippen LogP contribution is -1.88. The Balaban J connectivity index is 2.36. The van der Waals surface area contributed by atoms with Gasteiger partial charge in [-0.25, -0.2) is 4.98 Å². The predicted molar refractivity (Wildman–Crippen MR) is 78.6 cm³/mol. The van der Waals surface area contributed by atoms with Crippen molar-refractivity contribution in [3.05, 3.63) is 59.2 Å².